The van der Waals surface area contributed by atoms with E-state index in [0.717, 1.165) is 13.2 Å². The van der Waals surface area contributed by atoms with E-state index in [1.807, 2.05) is 0 Å². The van der Waals surface area contributed by atoms with E-state index >= 15 is 0 Å². The van der Waals surface area contributed by atoms with Crippen molar-refractivity contribution in [1.29, 1.82) is 0 Å². The van der Waals surface area contributed by atoms with Crippen molar-refractivity contribution in [3.8, 4) is 0 Å². The van der Waals surface area contributed by atoms with Gasteiger partial charge in [0.2, 0.25) is 0 Å². The monoisotopic (exact) mass is 205 g/mol. The summed E-state index contributed by atoms with van der Waals surface area (Å²) in [5.74, 6) is 0. The summed E-state index contributed by atoms with van der Waals surface area (Å²) in [6.07, 6.45) is 2.41. The molecule has 0 aromatic heterocycles. The molecule has 1 aromatic rings. The van der Waals surface area contributed by atoms with Crippen LogP contribution in [0.4, 0.5) is 0 Å². The van der Waals surface area contributed by atoms with Crippen molar-refractivity contribution in [3.63, 3.8) is 0 Å². The molecule has 0 spiro atoms. The summed E-state index contributed by atoms with van der Waals surface area (Å²) in [6.45, 7) is 4.00. The van der Waals surface area contributed by atoms with Crippen LogP contribution in [0.5, 0.6) is 0 Å². The van der Waals surface area contributed by atoms with Gasteiger partial charge in [0.25, 0.3) is 0 Å². The van der Waals surface area contributed by atoms with Gasteiger partial charge in [0.15, 0.2) is 0 Å². The molecule has 2 heteroatoms. The predicted octanol–water partition coefficient (Wildman–Crippen LogP) is 2.52. The van der Waals surface area contributed by atoms with Gasteiger partial charge in [0.05, 0.1) is 6.61 Å². The molecule has 0 amide bonds. The molecule has 1 heterocycles. The maximum absolute atomic E-state index is 5.46. The van der Waals surface area contributed by atoms with Gasteiger partial charge in [-0.1, -0.05) is 30.3 Å². The van der Waals surface area contributed by atoms with Crippen molar-refractivity contribution in [1.82, 2.24) is 5.32 Å². The number of ether oxygens (including phenoxy) is 1. The Hall–Kier alpha value is -0.860. The Morgan fingerprint density at radius 1 is 1.33 bits per heavy atom. The highest BCUT2D eigenvalue weighted by Crippen LogP contribution is 2.15. The Kier molecular flexibility index (Phi) is 3.75. The molecule has 1 aromatic carbocycles. The lowest BCUT2D eigenvalue weighted by molar-refractivity contribution is 0.0671. The van der Waals surface area contributed by atoms with E-state index in [9.17, 15) is 0 Å². The summed E-state index contributed by atoms with van der Waals surface area (Å²) in [5, 5.41) is 3.61. The summed E-state index contributed by atoms with van der Waals surface area (Å²) in [4.78, 5) is 0. The van der Waals surface area contributed by atoms with E-state index in [4.69, 9.17) is 4.74 Å². The average molecular weight is 205 g/mol. The van der Waals surface area contributed by atoms with Crippen LogP contribution in [-0.4, -0.2) is 19.3 Å². The van der Waals surface area contributed by atoms with Crippen molar-refractivity contribution in [2.45, 2.75) is 31.8 Å². The Labute approximate surface area is 91.6 Å². The summed E-state index contributed by atoms with van der Waals surface area (Å²) in [7, 11) is 0. The number of nitrogens with one attached hydrogen (secondary N) is 1. The average Bonchev–Trinajstić information content (AvgIpc) is 2.31. The molecular formula is C13H19NO. The number of benzene rings is 1. The second-order valence-electron chi connectivity index (χ2n) is 4.21. The minimum Gasteiger partial charge on any atom is -0.380 e. The molecule has 1 aliphatic rings. The summed E-state index contributed by atoms with van der Waals surface area (Å²) >= 11 is 0. The minimum atomic E-state index is 0.415. The maximum Gasteiger partial charge on any atom is 0.0619 e. The van der Waals surface area contributed by atoms with Gasteiger partial charge >= 0.3 is 0 Å². The van der Waals surface area contributed by atoms with Crippen LogP contribution in [0.1, 0.15) is 31.4 Å². The van der Waals surface area contributed by atoms with Crippen molar-refractivity contribution in [2.24, 2.45) is 0 Å². The molecule has 2 atom stereocenters. The Balaban J connectivity index is 1.88. The maximum atomic E-state index is 5.46. The van der Waals surface area contributed by atoms with E-state index in [-0.39, 0.29) is 0 Å². The molecule has 1 saturated heterocycles. The van der Waals surface area contributed by atoms with Gasteiger partial charge in [-0.05, 0) is 25.3 Å². The van der Waals surface area contributed by atoms with Crippen LogP contribution >= 0.6 is 0 Å². The van der Waals surface area contributed by atoms with Crippen LogP contribution < -0.4 is 5.32 Å². The van der Waals surface area contributed by atoms with Gasteiger partial charge in [0.1, 0.15) is 0 Å². The molecule has 1 aliphatic heterocycles. The molecule has 0 saturated carbocycles. The third-order valence-electron chi connectivity index (χ3n) is 2.95. The lowest BCUT2D eigenvalue weighted by atomic mass is 10.1. The first kappa shape index (κ1) is 10.7. The van der Waals surface area contributed by atoms with E-state index in [1.165, 1.54) is 18.4 Å². The molecule has 1 fully saturated rings. The lowest BCUT2D eigenvalue weighted by Crippen LogP contribution is -2.38. The molecule has 0 aliphatic carbocycles. The topological polar surface area (TPSA) is 21.3 Å². The van der Waals surface area contributed by atoms with E-state index in [2.05, 4.69) is 42.6 Å². The Morgan fingerprint density at radius 3 is 2.80 bits per heavy atom. The van der Waals surface area contributed by atoms with Crippen molar-refractivity contribution < 1.29 is 4.74 Å². The van der Waals surface area contributed by atoms with Gasteiger partial charge in [-0.3, -0.25) is 0 Å². The van der Waals surface area contributed by atoms with Crippen LogP contribution in [0, 0.1) is 0 Å². The fourth-order valence-electron chi connectivity index (χ4n) is 2.06. The van der Waals surface area contributed by atoms with Crippen LogP contribution in [0.15, 0.2) is 30.3 Å². The summed E-state index contributed by atoms with van der Waals surface area (Å²) in [5.41, 5.74) is 1.35. The lowest BCUT2D eigenvalue weighted by Gasteiger charge is -2.26. The van der Waals surface area contributed by atoms with Crippen LogP contribution in [0.25, 0.3) is 0 Å². The van der Waals surface area contributed by atoms with Crippen molar-refractivity contribution in [3.05, 3.63) is 35.9 Å². The van der Waals surface area contributed by atoms with E-state index in [0.29, 0.717) is 12.1 Å². The van der Waals surface area contributed by atoms with Gasteiger partial charge < -0.3 is 10.1 Å². The zero-order valence-electron chi connectivity index (χ0n) is 9.28. The fraction of sp³-hybridized carbons (Fsp3) is 0.538. The second kappa shape index (κ2) is 5.29. The highest BCUT2D eigenvalue weighted by molar-refractivity contribution is 5.18. The molecule has 0 bridgehead atoms. The first-order chi connectivity index (χ1) is 7.36. The highest BCUT2D eigenvalue weighted by atomic mass is 16.5. The SMILES string of the molecule is C[C@@H](NC1CCCOC1)c1ccccc1. The fourth-order valence-corrected chi connectivity index (χ4v) is 2.06. The number of hydrogen-bond acceptors (Lipinski definition) is 2. The predicted molar refractivity (Wildman–Crippen MR) is 61.8 cm³/mol. The zero-order valence-corrected chi connectivity index (χ0v) is 9.28. The molecule has 2 rings (SSSR count). The molecule has 2 nitrogen and oxygen atoms in total. The molecule has 1 unspecified atom stereocenters. The third-order valence-corrected chi connectivity index (χ3v) is 2.95. The van der Waals surface area contributed by atoms with E-state index in [1.54, 1.807) is 0 Å². The van der Waals surface area contributed by atoms with Crippen molar-refractivity contribution in [2.75, 3.05) is 13.2 Å². The van der Waals surface area contributed by atoms with Gasteiger partial charge in [0, 0.05) is 18.7 Å². The first-order valence-electron chi connectivity index (χ1n) is 5.75. The van der Waals surface area contributed by atoms with Gasteiger partial charge in [-0.2, -0.15) is 0 Å². The van der Waals surface area contributed by atoms with Gasteiger partial charge in [-0.15, -0.1) is 0 Å². The molecule has 82 valence electrons. The van der Waals surface area contributed by atoms with Crippen LogP contribution in [0.3, 0.4) is 0 Å². The molecule has 1 N–H and O–H groups in total. The largest absolute Gasteiger partial charge is 0.380 e. The quantitative estimate of drug-likeness (QED) is 0.818. The van der Waals surface area contributed by atoms with Crippen molar-refractivity contribution >= 4 is 0 Å². The smallest absolute Gasteiger partial charge is 0.0619 e. The standard InChI is InChI=1S/C13H19NO/c1-11(12-6-3-2-4-7-12)14-13-8-5-9-15-10-13/h2-4,6-7,11,13-14H,5,8-10H2,1H3/t11-,13?/m1/s1. The normalized spacial score (nSPS) is 23.7. The Bertz CT molecular complexity index is 280. The summed E-state index contributed by atoms with van der Waals surface area (Å²) < 4.78 is 5.46. The Morgan fingerprint density at radius 2 is 2.13 bits per heavy atom. The highest BCUT2D eigenvalue weighted by Gasteiger charge is 2.16. The molecule has 15 heavy (non-hydrogen) atoms. The van der Waals surface area contributed by atoms with Crippen LogP contribution in [-0.2, 0) is 4.74 Å². The minimum absolute atomic E-state index is 0.415. The second-order valence-corrected chi connectivity index (χ2v) is 4.21. The first-order valence-corrected chi connectivity index (χ1v) is 5.75. The zero-order chi connectivity index (χ0) is 10.5. The van der Waals surface area contributed by atoms with Gasteiger partial charge in [-0.25, -0.2) is 0 Å². The molecular weight excluding hydrogens is 186 g/mol. The summed E-state index contributed by atoms with van der Waals surface area (Å²) in [6, 6.07) is 11.5. The number of hydrogen-bond donors (Lipinski definition) is 1. The molecule has 0 radical (unpaired) electrons. The number of rotatable bonds is 3. The van der Waals surface area contributed by atoms with Crippen LogP contribution in [0.2, 0.25) is 0 Å². The third kappa shape index (κ3) is 3.05. The van der Waals surface area contributed by atoms with E-state index < -0.39 is 0 Å².